The Labute approximate surface area is 108 Å². The number of quaternary nitrogens is 1. The van der Waals surface area contributed by atoms with Crippen LogP contribution in [0.25, 0.3) is 0 Å². The predicted molar refractivity (Wildman–Crippen MR) is 73.8 cm³/mol. The van der Waals surface area contributed by atoms with E-state index in [1.54, 1.807) is 18.3 Å². The lowest BCUT2D eigenvalue weighted by Gasteiger charge is -2.18. The number of nitrogens with two attached hydrogens (primary N) is 1. The average molecular weight is 251 g/mol. The SMILES string of the molecule is NCCN(CC[NH3+])CCN=Cc1ccccc1O. The van der Waals surface area contributed by atoms with E-state index >= 15 is 0 Å². The quantitative estimate of drug-likeness (QED) is 0.534. The summed E-state index contributed by atoms with van der Waals surface area (Å²) in [6.45, 7) is 4.93. The molecule has 0 spiro atoms. The lowest BCUT2D eigenvalue weighted by Crippen LogP contribution is -2.55. The Morgan fingerprint density at radius 2 is 2.06 bits per heavy atom. The van der Waals surface area contributed by atoms with E-state index in [0.717, 1.165) is 31.7 Å². The Bertz CT molecular complexity index is 362. The average Bonchev–Trinajstić information content (AvgIpc) is 2.37. The Kier molecular flexibility index (Phi) is 7.01. The largest absolute Gasteiger partial charge is 0.507 e. The fourth-order valence-electron chi connectivity index (χ4n) is 1.70. The number of hydrogen-bond acceptors (Lipinski definition) is 4. The molecule has 1 rings (SSSR count). The molecular weight excluding hydrogens is 228 g/mol. The second kappa shape index (κ2) is 8.63. The van der Waals surface area contributed by atoms with Gasteiger partial charge in [0.1, 0.15) is 5.75 Å². The van der Waals surface area contributed by atoms with Crippen LogP contribution in [0.1, 0.15) is 5.56 Å². The molecule has 0 unspecified atom stereocenters. The number of nitrogens with zero attached hydrogens (tertiary/aromatic N) is 2. The summed E-state index contributed by atoms with van der Waals surface area (Å²) in [7, 11) is 0. The first-order valence-corrected chi connectivity index (χ1v) is 6.27. The van der Waals surface area contributed by atoms with Crippen LogP contribution >= 0.6 is 0 Å². The summed E-state index contributed by atoms with van der Waals surface area (Å²) >= 11 is 0. The van der Waals surface area contributed by atoms with Crippen molar-refractivity contribution >= 4 is 6.21 Å². The molecule has 0 fully saturated rings. The third kappa shape index (κ3) is 5.27. The molecule has 1 aromatic rings. The summed E-state index contributed by atoms with van der Waals surface area (Å²) in [5.41, 5.74) is 10.1. The Hall–Kier alpha value is -1.43. The van der Waals surface area contributed by atoms with Gasteiger partial charge in [-0.2, -0.15) is 0 Å². The van der Waals surface area contributed by atoms with E-state index in [1.807, 2.05) is 12.1 Å². The van der Waals surface area contributed by atoms with Gasteiger partial charge in [-0.25, -0.2) is 0 Å². The predicted octanol–water partition coefficient (Wildman–Crippen LogP) is -0.686. The maximum Gasteiger partial charge on any atom is 0.124 e. The first-order chi connectivity index (χ1) is 8.77. The van der Waals surface area contributed by atoms with Crippen molar-refractivity contribution < 1.29 is 10.8 Å². The molecule has 0 heterocycles. The molecule has 5 heteroatoms. The van der Waals surface area contributed by atoms with Gasteiger partial charge in [0.15, 0.2) is 0 Å². The van der Waals surface area contributed by atoms with Crippen LogP contribution < -0.4 is 11.5 Å². The molecule has 0 bridgehead atoms. The summed E-state index contributed by atoms with van der Waals surface area (Å²) in [6.07, 6.45) is 1.71. The van der Waals surface area contributed by atoms with E-state index in [9.17, 15) is 5.11 Å². The first kappa shape index (κ1) is 14.6. The Morgan fingerprint density at radius 1 is 1.28 bits per heavy atom. The van der Waals surface area contributed by atoms with Gasteiger partial charge in [0.2, 0.25) is 0 Å². The van der Waals surface area contributed by atoms with E-state index < -0.39 is 0 Å². The number of benzene rings is 1. The van der Waals surface area contributed by atoms with E-state index in [1.165, 1.54) is 0 Å². The van der Waals surface area contributed by atoms with E-state index in [-0.39, 0.29) is 5.75 Å². The summed E-state index contributed by atoms with van der Waals surface area (Å²) in [5, 5.41) is 9.56. The van der Waals surface area contributed by atoms with Crippen LogP contribution in [0.3, 0.4) is 0 Å². The number of phenolic OH excluding ortho intramolecular Hbond substituents is 1. The Morgan fingerprint density at radius 3 is 2.72 bits per heavy atom. The lowest BCUT2D eigenvalue weighted by atomic mass is 10.2. The molecule has 100 valence electrons. The minimum atomic E-state index is 0.262. The second-order valence-electron chi connectivity index (χ2n) is 4.08. The minimum Gasteiger partial charge on any atom is -0.507 e. The molecule has 0 aliphatic heterocycles. The number of aliphatic imine (C=N–C) groups is 1. The molecule has 0 radical (unpaired) electrons. The number of para-hydroxylation sites is 1. The van der Waals surface area contributed by atoms with Crippen molar-refractivity contribution in [2.24, 2.45) is 10.7 Å². The zero-order valence-electron chi connectivity index (χ0n) is 10.8. The molecule has 0 saturated heterocycles. The molecule has 1 aromatic carbocycles. The van der Waals surface area contributed by atoms with Gasteiger partial charge in [0.25, 0.3) is 0 Å². The number of aromatic hydroxyl groups is 1. The molecule has 0 aliphatic rings. The van der Waals surface area contributed by atoms with Crippen LogP contribution in [-0.4, -0.2) is 55.5 Å². The number of hydrogen-bond donors (Lipinski definition) is 3. The van der Waals surface area contributed by atoms with Crippen molar-refractivity contribution in [3.63, 3.8) is 0 Å². The fraction of sp³-hybridized carbons (Fsp3) is 0.462. The van der Waals surface area contributed by atoms with Crippen molar-refractivity contribution in [3.8, 4) is 5.75 Å². The van der Waals surface area contributed by atoms with E-state index in [2.05, 4.69) is 15.6 Å². The van der Waals surface area contributed by atoms with Gasteiger partial charge in [-0.3, -0.25) is 9.89 Å². The molecule has 18 heavy (non-hydrogen) atoms. The zero-order chi connectivity index (χ0) is 13.2. The van der Waals surface area contributed by atoms with Gasteiger partial charge in [-0.15, -0.1) is 0 Å². The molecular formula is C13H23N4O+. The van der Waals surface area contributed by atoms with E-state index in [0.29, 0.717) is 13.1 Å². The highest BCUT2D eigenvalue weighted by Crippen LogP contribution is 2.12. The highest BCUT2D eigenvalue weighted by atomic mass is 16.3. The summed E-state index contributed by atoms with van der Waals surface area (Å²) in [4.78, 5) is 6.56. The third-order valence-electron chi connectivity index (χ3n) is 2.63. The van der Waals surface area contributed by atoms with Gasteiger partial charge in [0.05, 0.1) is 13.1 Å². The Balaban J connectivity index is 2.38. The molecule has 0 saturated carbocycles. The topological polar surface area (TPSA) is 89.5 Å². The van der Waals surface area contributed by atoms with Gasteiger partial charge < -0.3 is 16.6 Å². The first-order valence-electron chi connectivity index (χ1n) is 6.27. The van der Waals surface area contributed by atoms with Gasteiger partial charge in [-0.05, 0) is 12.1 Å². The number of phenols is 1. The van der Waals surface area contributed by atoms with Crippen LogP contribution in [0, 0.1) is 0 Å². The summed E-state index contributed by atoms with van der Waals surface area (Å²) < 4.78 is 0. The van der Waals surface area contributed by atoms with Crippen LogP contribution in [0.15, 0.2) is 29.3 Å². The van der Waals surface area contributed by atoms with Crippen LogP contribution in [-0.2, 0) is 0 Å². The summed E-state index contributed by atoms with van der Waals surface area (Å²) in [5.74, 6) is 0.262. The molecule has 0 amide bonds. The van der Waals surface area contributed by atoms with Crippen molar-refractivity contribution in [1.29, 1.82) is 0 Å². The van der Waals surface area contributed by atoms with Gasteiger partial charge in [0, 0.05) is 38.0 Å². The van der Waals surface area contributed by atoms with Crippen molar-refractivity contribution in [3.05, 3.63) is 29.8 Å². The van der Waals surface area contributed by atoms with Crippen molar-refractivity contribution in [2.75, 3.05) is 39.3 Å². The second-order valence-corrected chi connectivity index (χ2v) is 4.08. The normalized spacial score (nSPS) is 11.5. The smallest absolute Gasteiger partial charge is 0.124 e. The standard InChI is InChI=1S/C13H22N4O/c14-5-8-17(9-6-15)10-7-16-11-12-3-1-2-4-13(12)18/h1-4,11,18H,5-10,14-15H2/p+1. The minimum absolute atomic E-state index is 0.262. The summed E-state index contributed by atoms with van der Waals surface area (Å²) in [6, 6.07) is 7.17. The molecule has 0 aromatic heterocycles. The van der Waals surface area contributed by atoms with Crippen LogP contribution in [0.5, 0.6) is 5.75 Å². The number of rotatable bonds is 8. The van der Waals surface area contributed by atoms with E-state index in [4.69, 9.17) is 5.73 Å². The maximum absolute atomic E-state index is 9.56. The molecule has 0 aliphatic carbocycles. The van der Waals surface area contributed by atoms with Crippen LogP contribution in [0.4, 0.5) is 0 Å². The maximum atomic E-state index is 9.56. The lowest BCUT2D eigenvalue weighted by molar-refractivity contribution is -0.368. The van der Waals surface area contributed by atoms with Crippen LogP contribution in [0.2, 0.25) is 0 Å². The molecule has 6 N–H and O–H groups in total. The monoisotopic (exact) mass is 251 g/mol. The van der Waals surface area contributed by atoms with Crippen molar-refractivity contribution in [1.82, 2.24) is 4.90 Å². The zero-order valence-corrected chi connectivity index (χ0v) is 10.8. The fourth-order valence-corrected chi connectivity index (χ4v) is 1.70. The highest BCUT2D eigenvalue weighted by Gasteiger charge is 2.02. The van der Waals surface area contributed by atoms with Gasteiger partial charge in [-0.1, -0.05) is 12.1 Å². The highest BCUT2D eigenvalue weighted by molar-refractivity contribution is 5.83. The van der Waals surface area contributed by atoms with Crippen molar-refractivity contribution in [2.45, 2.75) is 0 Å². The third-order valence-corrected chi connectivity index (χ3v) is 2.63. The molecule has 0 atom stereocenters. The molecule has 5 nitrogen and oxygen atoms in total. The van der Waals surface area contributed by atoms with Gasteiger partial charge >= 0.3 is 0 Å².